The molecule has 2 aliphatic rings. The Labute approximate surface area is 82.2 Å². The van der Waals surface area contributed by atoms with Crippen molar-refractivity contribution in [3.63, 3.8) is 0 Å². The Morgan fingerprint density at radius 1 is 1.50 bits per heavy atom. The molecule has 0 amide bonds. The van der Waals surface area contributed by atoms with Gasteiger partial charge in [-0.2, -0.15) is 0 Å². The van der Waals surface area contributed by atoms with Crippen molar-refractivity contribution in [3.05, 3.63) is 0 Å². The number of hydrogen-bond acceptors (Lipinski definition) is 5. The van der Waals surface area contributed by atoms with Gasteiger partial charge in [-0.05, 0) is 12.8 Å². The maximum absolute atomic E-state index is 12.1. The summed E-state index contributed by atoms with van der Waals surface area (Å²) in [7, 11) is -0.642. The topological polar surface area (TPSA) is 65.1 Å². The van der Waals surface area contributed by atoms with Crippen LogP contribution >= 0.6 is 7.60 Å². The Morgan fingerprint density at radius 2 is 2.14 bits per heavy atom. The van der Waals surface area contributed by atoms with Gasteiger partial charge in [0.05, 0.1) is 0 Å². The highest BCUT2D eigenvalue weighted by Gasteiger charge is 2.73. The molecule has 0 aromatic carbocycles. The minimum atomic E-state index is -3.27. The van der Waals surface area contributed by atoms with E-state index in [0.29, 0.717) is 19.3 Å². The molecule has 2 fully saturated rings. The quantitative estimate of drug-likeness (QED) is 0.530. The molecule has 2 rings (SSSR count). The third-order valence-corrected chi connectivity index (χ3v) is 5.32. The van der Waals surface area contributed by atoms with Gasteiger partial charge in [0.15, 0.2) is 11.9 Å². The minimum absolute atomic E-state index is 0.00516. The van der Waals surface area contributed by atoms with Gasteiger partial charge in [-0.3, -0.25) is 9.36 Å². The van der Waals surface area contributed by atoms with Gasteiger partial charge in [0.2, 0.25) is 5.34 Å². The van der Waals surface area contributed by atoms with Crippen LogP contribution in [0.1, 0.15) is 19.3 Å². The maximum atomic E-state index is 12.1. The highest BCUT2D eigenvalue weighted by molar-refractivity contribution is 7.55. The lowest BCUT2D eigenvalue weighted by Crippen LogP contribution is -2.27. The van der Waals surface area contributed by atoms with E-state index in [1.165, 1.54) is 14.2 Å². The average molecular weight is 220 g/mol. The van der Waals surface area contributed by atoms with E-state index in [2.05, 4.69) is 0 Å². The second kappa shape index (κ2) is 3.14. The zero-order valence-electron chi connectivity index (χ0n) is 8.19. The average Bonchev–Trinajstić information content (AvgIpc) is 2.94. The molecule has 0 aromatic rings. The normalized spacial score (nSPS) is 36.7. The molecule has 0 spiro atoms. The van der Waals surface area contributed by atoms with Gasteiger partial charge in [0, 0.05) is 20.6 Å². The Morgan fingerprint density at radius 3 is 2.71 bits per heavy atom. The first-order chi connectivity index (χ1) is 6.59. The zero-order valence-corrected chi connectivity index (χ0v) is 9.08. The molecule has 6 heteroatoms. The van der Waals surface area contributed by atoms with E-state index in [0.717, 1.165) is 0 Å². The van der Waals surface area contributed by atoms with Crippen molar-refractivity contribution in [2.75, 3.05) is 14.2 Å². The molecule has 1 heterocycles. The van der Waals surface area contributed by atoms with Gasteiger partial charge >= 0.3 is 7.60 Å². The minimum Gasteiger partial charge on any atom is -0.344 e. The second-order valence-electron chi connectivity index (χ2n) is 3.53. The van der Waals surface area contributed by atoms with Crippen molar-refractivity contribution in [3.8, 4) is 0 Å². The third kappa shape index (κ3) is 1.13. The summed E-state index contributed by atoms with van der Waals surface area (Å²) in [4.78, 5) is 11.4. The lowest BCUT2D eigenvalue weighted by atomic mass is 9.99. The van der Waals surface area contributed by atoms with Crippen molar-refractivity contribution in [2.24, 2.45) is 0 Å². The molecular formula is C8H13O5P. The van der Waals surface area contributed by atoms with Crippen LogP contribution in [0.2, 0.25) is 0 Å². The Hall–Kier alpha value is -0.220. The van der Waals surface area contributed by atoms with E-state index >= 15 is 0 Å². The summed E-state index contributed by atoms with van der Waals surface area (Å²) in [6.45, 7) is 0. The van der Waals surface area contributed by atoms with Crippen LogP contribution in [0.15, 0.2) is 0 Å². The van der Waals surface area contributed by atoms with Crippen LogP contribution in [-0.2, 0) is 23.1 Å². The number of Topliss-reactive ketones (excluding diaryl/α,β-unsaturated/α-hetero) is 1. The maximum Gasteiger partial charge on any atom is 0.364 e. The molecule has 5 nitrogen and oxygen atoms in total. The van der Waals surface area contributed by atoms with E-state index in [-0.39, 0.29) is 5.78 Å². The highest BCUT2D eigenvalue weighted by Crippen LogP contribution is 2.72. The van der Waals surface area contributed by atoms with Crippen LogP contribution in [0.4, 0.5) is 0 Å². The summed E-state index contributed by atoms with van der Waals surface area (Å²) < 4.78 is 27.1. The van der Waals surface area contributed by atoms with Crippen molar-refractivity contribution < 1.29 is 23.1 Å². The molecule has 0 aromatic heterocycles. The molecule has 0 N–H and O–H groups in total. The van der Waals surface area contributed by atoms with Gasteiger partial charge in [-0.15, -0.1) is 0 Å². The highest BCUT2D eigenvalue weighted by atomic mass is 31.2. The Kier molecular flexibility index (Phi) is 2.31. The molecule has 1 saturated heterocycles. The lowest BCUT2D eigenvalue weighted by Gasteiger charge is -2.23. The summed E-state index contributed by atoms with van der Waals surface area (Å²) in [5.41, 5.74) is 0. The lowest BCUT2D eigenvalue weighted by molar-refractivity contribution is -0.120. The standard InChI is InChI=1S/C8H13O5P/c1-11-14(10,12-2)8-5-3-4-6(9)7(8)13-8/h7H,3-5H2,1-2H3. The number of carbonyl (C=O) groups excluding carboxylic acids is 1. The summed E-state index contributed by atoms with van der Waals surface area (Å²) in [6, 6.07) is 0. The third-order valence-electron chi connectivity index (χ3n) is 2.87. The van der Waals surface area contributed by atoms with Crippen molar-refractivity contribution in [1.82, 2.24) is 0 Å². The number of rotatable bonds is 3. The predicted octanol–water partition coefficient (Wildman–Crippen LogP) is 1.32. The molecule has 2 atom stereocenters. The van der Waals surface area contributed by atoms with E-state index in [1.807, 2.05) is 0 Å². The molecule has 1 saturated carbocycles. The van der Waals surface area contributed by atoms with Gasteiger partial charge in [0.1, 0.15) is 0 Å². The van der Waals surface area contributed by atoms with Gasteiger partial charge in [-0.25, -0.2) is 0 Å². The molecule has 1 aliphatic carbocycles. The Balaban J connectivity index is 2.27. The number of carbonyl (C=O) groups is 1. The van der Waals surface area contributed by atoms with Crippen molar-refractivity contribution in [1.29, 1.82) is 0 Å². The van der Waals surface area contributed by atoms with Crippen LogP contribution in [0, 0.1) is 0 Å². The van der Waals surface area contributed by atoms with Crippen LogP contribution in [-0.4, -0.2) is 31.4 Å². The summed E-state index contributed by atoms with van der Waals surface area (Å²) in [5.74, 6) is 0.00516. The van der Waals surface area contributed by atoms with E-state index in [9.17, 15) is 9.36 Å². The fourth-order valence-electron chi connectivity index (χ4n) is 2.05. The van der Waals surface area contributed by atoms with Crippen molar-refractivity contribution in [2.45, 2.75) is 30.7 Å². The first-order valence-electron chi connectivity index (χ1n) is 4.52. The number of epoxide rings is 1. The van der Waals surface area contributed by atoms with Gasteiger partial charge in [-0.1, -0.05) is 0 Å². The number of hydrogen-bond donors (Lipinski definition) is 0. The molecular weight excluding hydrogens is 207 g/mol. The zero-order chi connectivity index (χ0) is 10.4. The largest absolute Gasteiger partial charge is 0.364 e. The van der Waals surface area contributed by atoms with E-state index in [4.69, 9.17) is 13.8 Å². The molecule has 1 aliphatic heterocycles. The number of ketones is 1. The summed E-state index contributed by atoms with van der Waals surface area (Å²) in [6.07, 6.45) is 1.19. The van der Waals surface area contributed by atoms with E-state index in [1.54, 1.807) is 0 Å². The predicted molar refractivity (Wildman–Crippen MR) is 48.1 cm³/mol. The molecule has 0 bridgehead atoms. The fraction of sp³-hybridized carbons (Fsp3) is 0.875. The van der Waals surface area contributed by atoms with Gasteiger partial charge < -0.3 is 13.8 Å². The monoisotopic (exact) mass is 220 g/mol. The molecule has 80 valence electrons. The fourth-order valence-corrected chi connectivity index (χ4v) is 3.92. The van der Waals surface area contributed by atoms with Crippen LogP contribution in [0.25, 0.3) is 0 Å². The molecule has 0 radical (unpaired) electrons. The smallest absolute Gasteiger partial charge is 0.344 e. The summed E-state index contributed by atoms with van der Waals surface area (Å²) >= 11 is 0. The van der Waals surface area contributed by atoms with Crippen LogP contribution in [0.5, 0.6) is 0 Å². The second-order valence-corrected chi connectivity index (χ2v) is 6.01. The van der Waals surface area contributed by atoms with Crippen molar-refractivity contribution >= 4 is 13.4 Å². The number of ether oxygens (including phenoxy) is 1. The molecule has 2 unspecified atom stereocenters. The SMILES string of the molecule is COP(=O)(OC)C12CCCC(=O)C1O2. The summed E-state index contributed by atoms with van der Waals surface area (Å²) in [5, 5.41) is -0.966. The van der Waals surface area contributed by atoms with Gasteiger partial charge in [0.25, 0.3) is 0 Å². The Bertz CT molecular complexity index is 307. The first-order valence-corrected chi connectivity index (χ1v) is 6.06. The molecule has 14 heavy (non-hydrogen) atoms. The number of fused-ring (bicyclic) bond motifs is 1. The van der Waals surface area contributed by atoms with E-state index < -0.39 is 19.0 Å². The van der Waals surface area contributed by atoms with Crippen LogP contribution < -0.4 is 0 Å². The van der Waals surface area contributed by atoms with Crippen LogP contribution in [0.3, 0.4) is 0 Å². The first kappa shape index (κ1) is 10.3.